The molecule has 0 radical (unpaired) electrons. The van der Waals surface area contributed by atoms with E-state index in [9.17, 15) is 0 Å². The predicted molar refractivity (Wildman–Crippen MR) is 91.5 cm³/mol. The monoisotopic (exact) mass is 328 g/mol. The summed E-state index contributed by atoms with van der Waals surface area (Å²) in [6.45, 7) is 8.06. The SMILES string of the molecule is Cc1ccn(-c2ccc(N3CCN(C[C@H]4CCCO4)CC3)nn2)n1. The standard InChI is InChI=1S/C17H24N6O/c1-14-6-7-23(20-14)17-5-4-16(18-19-17)22-10-8-21(9-11-22)13-15-3-2-12-24-15/h4-7,15H,2-3,8-13H2,1H3/t15-/m1/s1. The second kappa shape index (κ2) is 6.86. The summed E-state index contributed by atoms with van der Waals surface area (Å²) >= 11 is 0. The summed E-state index contributed by atoms with van der Waals surface area (Å²) in [5, 5.41) is 13.1. The van der Waals surface area contributed by atoms with Gasteiger partial charge >= 0.3 is 0 Å². The average Bonchev–Trinajstić information content (AvgIpc) is 3.28. The molecule has 2 aliphatic rings. The van der Waals surface area contributed by atoms with Crippen molar-refractivity contribution in [2.75, 3.05) is 44.2 Å². The van der Waals surface area contributed by atoms with Crippen LogP contribution in [0.4, 0.5) is 5.82 Å². The van der Waals surface area contributed by atoms with Gasteiger partial charge in [-0.2, -0.15) is 5.10 Å². The molecule has 2 aromatic rings. The van der Waals surface area contributed by atoms with Crippen LogP contribution in [-0.4, -0.2) is 70.3 Å². The van der Waals surface area contributed by atoms with E-state index in [4.69, 9.17) is 4.74 Å². The van der Waals surface area contributed by atoms with E-state index in [1.165, 1.54) is 12.8 Å². The van der Waals surface area contributed by atoms with E-state index in [1.807, 2.05) is 31.3 Å². The van der Waals surface area contributed by atoms with Gasteiger partial charge in [-0.1, -0.05) is 0 Å². The Kier molecular flexibility index (Phi) is 4.44. The summed E-state index contributed by atoms with van der Waals surface area (Å²) in [6, 6.07) is 5.98. The number of aryl methyl sites for hydroxylation is 1. The first-order valence-electron chi connectivity index (χ1n) is 8.73. The van der Waals surface area contributed by atoms with E-state index in [1.54, 1.807) is 4.68 Å². The van der Waals surface area contributed by atoms with E-state index in [-0.39, 0.29) is 0 Å². The van der Waals surface area contributed by atoms with Crippen LogP contribution >= 0.6 is 0 Å². The van der Waals surface area contributed by atoms with Crippen LogP contribution in [0.15, 0.2) is 24.4 Å². The van der Waals surface area contributed by atoms with Gasteiger partial charge < -0.3 is 9.64 Å². The molecule has 0 aliphatic carbocycles. The molecule has 2 saturated heterocycles. The Hall–Kier alpha value is -1.99. The van der Waals surface area contributed by atoms with Gasteiger partial charge in [-0.15, -0.1) is 10.2 Å². The van der Waals surface area contributed by atoms with Gasteiger partial charge in [0.05, 0.1) is 11.8 Å². The summed E-state index contributed by atoms with van der Waals surface area (Å²) in [7, 11) is 0. The second-order valence-electron chi connectivity index (χ2n) is 6.57. The van der Waals surface area contributed by atoms with Crippen molar-refractivity contribution in [3.8, 4) is 5.82 Å². The van der Waals surface area contributed by atoms with Crippen LogP contribution in [-0.2, 0) is 4.74 Å². The number of rotatable bonds is 4. The highest BCUT2D eigenvalue weighted by atomic mass is 16.5. The van der Waals surface area contributed by atoms with E-state index >= 15 is 0 Å². The molecule has 24 heavy (non-hydrogen) atoms. The lowest BCUT2D eigenvalue weighted by Gasteiger charge is -2.36. The van der Waals surface area contributed by atoms with Gasteiger partial charge in [0, 0.05) is 45.5 Å². The van der Waals surface area contributed by atoms with Crippen molar-refractivity contribution in [3.63, 3.8) is 0 Å². The topological polar surface area (TPSA) is 59.3 Å². The van der Waals surface area contributed by atoms with E-state index in [0.29, 0.717) is 6.10 Å². The summed E-state index contributed by atoms with van der Waals surface area (Å²) < 4.78 is 7.49. The number of ether oxygens (including phenoxy) is 1. The quantitative estimate of drug-likeness (QED) is 0.842. The highest BCUT2D eigenvalue weighted by molar-refractivity contribution is 5.40. The molecule has 0 saturated carbocycles. The zero-order valence-corrected chi connectivity index (χ0v) is 14.1. The van der Waals surface area contributed by atoms with Gasteiger partial charge in [-0.3, -0.25) is 4.90 Å². The minimum absolute atomic E-state index is 0.438. The fourth-order valence-corrected chi connectivity index (χ4v) is 3.39. The van der Waals surface area contributed by atoms with Crippen molar-refractivity contribution in [2.45, 2.75) is 25.9 Å². The molecular weight excluding hydrogens is 304 g/mol. The molecule has 0 N–H and O–H groups in total. The smallest absolute Gasteiger partial charge is 0.175 e. The van der Waals surface area contributed by atoms with E-state index in [0.717, 1.165) is 56.7 Å². The number of hydrogen-bond donors (Lipinski definition) is 0. The van der Waals surface area contributed by atoms with E-state index in [2.05, 4.69) is 25.1 Å². The highest BCUT2D eigenvalue weighted by Crippen LogP contribution is 2.17. The molecule has 1 atom stereocenters. The molecule has 2 aliphatic heterocycles. The predicted octanol–water partition coefficient (Wildman–Crippen LogP) is 1.27. The zero-order valence-electron chi connectivity index (χ0n) is 14.1. The highest BCUT2D eigenvalue weighted by Gasteiger charge is 2.23. The molecule has 4 rings (SSSR count). The maximum Gasteiger partial charge on any atom is 0.175 e. The van der Waals surface area contributed by atoms with Crippen LogP contribution in [0.1, 0.15) is 18.5 Å². The average molecular weight is 328 g/mol. The van der Waals surface area contributed by atoms with Crippen molar-refractivity contribution in [2.24, 2.45) is 0 Å². The third-order valence-corrected chi connectivity index (χ3v) is 4.78. The Morgan fingerprint density at radius 2 is 1.88 bits per heavy atom. The molecule has 2 fully saturated rings. The van der Waals surface area contributed by atoms with Crippen LogP contribution in [0, 0.1) is 6.92 Å². The normalized spacial score (nSPS) is 22.2. The number of aromatic nitrogens is 4. The van der Waals surface area contributed by atoms with Crippen LogP contribution in [0.25, 0.3) is 5.82 Å². The fourth-order valence-electron chi connectivity index (χ4n) is 3.39. The Morgan fingerprint density at radius 1 is 1.08 bits per heavy atom. The number of piperazine rings is 1. The summed E-state index contributed by atoms with van der Waals surface area (Å²) in [5.74, 6) is 1.70. The van der Waals surface area contributed by atoms with Gasteiger partial charge in [0.2, 0.25) is 0 Å². The molecule has 0 aromatic carbocycles. The molecule has 0 spiro atoms. The Morgan fingerprint density at radius 3 is 2.50 bits per heavy atom. The Balaban J connectivity index is 1.33. The van der Waals surface area contributed by atoms with Gasteiger partial charge in [-0.05, 0) is 38.0 Å². The molecular formula is C17H24N6O. The number of nitrogens with zero attached hydrogens (tertiary/aromatic N) is 6. The third-order valence-electron chi connectivity index (χ3n) is 4.78. The molecule has 0 unspecified atom stereocenters. The van der Waals surface area contributed by atoms with Gasteiger partial charge in [0.15, 0.2) is 11.6 Å². The first kappa shape index (κ1) is 15.5. The lowest BCUT2D eigenvalue weighted by atomic mass is 10.2. The van der Waals surface area contributed by atoms with Crippen molar-refractivity contribution < 1.29 is 4.74 Å². The summed E-state index contributed by atoms with van der Waals surface area (Å²) in [4.78, 5) is 4.80. The molecule has 2 aromatic heterocycles. The summed E-state index contributed by atoms with van der Waals surface area (Å²) in [6.07, 6.45) is 4.76. The van der Waals surface area contributed by atoms with Crippen LogP contribution in [0.2, 0.25) is 0 Å². The maximum atomic E-state index is 5.74. The Labute approximate surface area is 142 Å². The van der Waals surface area contributed by atoms with E-state index < -0.39 is 0 Å². The first-order chi connectivity index (χ1) is 11.8. The summed E-state index contributed by atoms with van der Waals surface area (Å²) in [5.41, 5.74) is 0.975. The number of hydrogen-bond acceptors (Lipinski definition) is 6. The van der Waals surface area contributed by atoms with Gasteiger partial charge in [-0.25, -0.2) is 4.68 Å². The van der Waals surface area contributed by atoms with Crippen molar-refractivity contribution >= 4 is 5.82 Å². The lowest BCUT2D eigenvalue weighted by Crippen LogP contribution is -2.48. The van der Waals surface area contributed by atoms with Crippen molar-refractivity contribution in [1.29, 1.82) is 0 Å². The third kappa shape index (κ3) is 3.42. The largest absolute Gasteiger partial charge is 0.377 e. The minimum atomic E-state index is 0.438. The fraction of sp³-hybridized carbons (Fsp3) is 0.588. The van der Waals surface area contributed by atoms with Crippen molar-refractivity contribution in [3.05, 3.63) is 30.1 Å². The lowest BCUT2D eigenvalue weighted by molar-refractivity contribution is 0.0712. The molecule has 0 bridgehead atoms. The second-order valence-corrected chi connectivity index (χ2v) is 6.57. The van der Waals surface area contributed by atoms with Crippen LogP contribution < -0.4 is 4.90 Å². The molecule has 0 amide bonds. The minimum Gasteiger partial charge on any atom is -0.377 e. The molecule has 4 heterocycles. The van der Waals surface area contributed by atoms with Crippen LogP contribution in [0.5, 0.6) is 0 Å². The molecule has 7 heteroatoms. The van der Waals surface area contributed by atoms with Crippen molar-refractivity contribution in [1.82, 2.24) is 24.9 Å². The Bertz CT molecular complexity index is 656. The van der Waals surface area contributed by atoms with Gasteiger partial charge in [0.1, 0.15) is 0 Å². The number of anilines is 1. The molecule has 7 nitrogen and oxygen atoms in total. The molecule has 128 valence electrons. The first-order valence-corrected chi connectivity index (χ1v) is 8.73. The zero-order chi connectivity index (χ0) is 16.4. The van der Waals surface area contributed by atoms with Gasteiger partial charge in [0.25, 0.3) is 0 Å². The van der Waals surface area contributed by atoms with Crippen LogP contribution in [0.3, 0.4) is 0 Å². The maximum absolute atomic E-state index is 5.74.